The summed E-state index contributed by atoms with van der Waals surface area (Å²) in [5.41, 5.74) is 4.52. The molecule has 0 unspecified atom stereocenters. The minimum atomic E-state index is 0.0838. The van der Waals surface area contributed by atoms with Gasteiger partial charge in [0.25, 0.3) is 0 Å². The van der Waals surface area contributed by atoms with E-state index in [-0.39, 0.29) is 11.8 Å². The number of carbonyl (C=O) groups excluding carboxylic acids is 1. The van der Waals surface area contributed by atoms with Crippen molar-refractivity contribution in [2.45, 2.75) is 12.3 Å². The molecule has 0 saturated carbocycles. The Morgan fingerprint density at radius 1 is 0.958 bits per heavy atom. The summed E-state index contributed by atoms with van der Waals surface area (Å²) in [4.78, 5) is 14.4. The SMILES string of the molecule is CN(C)c1ccc([C@H]2CC(=O)Nc3c2ccc2ccccc32)cc1. The number of fused-ring (bicyclic) bond motifs is 3. The fourth-order valence-electron chi connectivity index (χ4n) is 3.51. The smallest absolute Gasteiger partial charge is 0.225 e. The quantitative estimate of drug-likeness (QED) is 0.761. The van der Waals surface area contributed by atoms with E-state index in [1.165, 1.54) is 11.1 Å². The minimum absolute atomic E-state index is 0.0838. The van der Waals surface area contributed by atoms with Crippen molar-refractivity contribution in [3.63, 3.8) is 0 Å². The molecular weight excluding hydrogens is 296 g/mol. The monoisotopic (exact) mass is 316 g/mol. The molecule has 1 N–H and O–H groups in total. The first-order valence-corrected chi connectivity index (χ1v) is 8.22. The van der Waals surface area contributed by atoms with E-state index in [0.29, 0.717) is 6.42 Å². The molecule has 4 rings (SSSR count). The highest BCUT2D eigenvalue weighted by molar-refractivity contribution is 6.06. The maximum atomic E-state index is 12.3. The zero-order valence-electron chi connectivity index (χ0n) is 13.9. The first kappa shape index (κ1) is 14.8. The van der Waals surface area contributed by atoms with Gasteiger partial charge in [-0.1, -0.05) is 48.5 Å². The van der Waals surface area contributed by atoms with Gasteiger partial charge in [0.15, 0.2) is 0 Å². The van der Waals surface area contributed by atoms with Crippen molar-refractivity contribution in [2.75, 3.05) is 24.3 Å². The highest BCUT2D eigenvalue weighted by Gasteiger charge is 2.27. The van der Waals surface area contributed by atoms with Crippen LogP contribution < -0.4 is 10.2 Å². The lowest BCUT2D eigenvalue weighted by atomic mass is 9.83. The normalized spacial score (nSPS) is 16.6. The lowest BCUT2D eigenvalue weighted by molar-refractivity contribution is -0.116. The van der Waals surface area contributed by atoms with Crippen molar-refractivity contribution in [1.29, 1.82) is 0 Å². The summed E-state index contributed by atoms with van der Waals surface area (Å²) in [5, 5.41) is 5.35. The lowest BCUT2D eigenvalue weighted by Crippen LogP contribution is -2.23. The predicted molar refractivity (Wildman–Crippen MR) is 99.8 cm³/mol. The molecule has 1 aliphatic rings. The fraction of sp³-hybridized carbons (Fsp3) is 0.190. The number of hydrogen-bond acceptors (Lipinski definition) is 2. The van der Waals surface area contributed by atoms with Gasteiger partial charge in [-0.2, -0.15) is 0 Å². The fourth-order valence-corrected chi connectivity index (χ4v) is 3.51. The Hall–Kier alpha value is -2.81. The van der Waals surface area contributed by atoms with Gasteiger partial charge in [0.05, 0.1) is 5.69 Å². The largest absolute Gasteiger partial charge is 0.378 e. The molecule has 24 heavy (non-hydrogen) atoms. The van der Waals surface area contributed by atoms with E-state index in [1.807, 2.05) is 26.2 Å². The van der Waals surface area contributed by atoms with Crippen molar-refractivity contribution in [2.24, 2.45) is 0 Å². The summed E-state index contributed by atoms with van der Waals surface area (Å²) in [6, 6.07) is 21.0. The average molecular weight is 316 g/mol. The van der Waals surface area contributed by atoms with E-state index in [2.05, 4.69) is 58.7 Å². The summed E-state index contributed by atoms with van der Waals surface area (Å²) in [5.74, 6) is 0.190. The molecule has 3 aromatic rings. The molecule has 3 aromatic carbocycles. The molecule has 120 valence electrons. The minimum Gasteiger partial charge on any atom is -0.378 e. The van der Waals surface area contributed by atoms with Gasteiger partial charge < -0.3 is 10.2 Å². The van der Waals surface area contributed by atoms with Gasteiger partial charge in [0, 0.05) is 37.5 Å². The Labute approximate surface area is 141 Å². The Balaban J connectivity index is 1.84. The predicted octanol–water partition coefficient (Wildman–Crippen LogP) is 4.38. The summed E-state index contributed by atoms with van der Waals surface area (Å²) >= 11 is 0. The topological polar surface area (TPSA) is 32.3 Å². The van der Waals surface area contributed by atoms with Gasteiger partial charge in [-0.25, -0.2) is 0 Å². The van der Waals surface area contributed by atoms with Crippen molar-refractivity contribution >= 4 is 28.1 Å². The first-order chi connectivity index (χ1) is 11.6. The van der Waals surface area contributed by atoms with Crippen molar-refractivity contribution in [3.8, 4) is 0 Å². The molecule has 0 radical (unpaired) electrons. The van der Waals surface area contributed by atoms with Crippen LogP contribution in [0.2, 0.25) is 0 Å². The van der Waals surface area contributed by atoms with Gasteiger partial charge in [-0.15, -0.1) is 0 Å². The van der Waals surface area contributed by atoms with Crippen LogP contribution in [0.5, 0.6) is 0 Å². The third kappa shape index (κ3) is 2.42. The molecule has 0 aliphatic carbocycles. The molecule has 1 heterocycles. The van der Waals surface area contributed by atoms with Crippen LogP contribution in [0.3, 0.4) is 0 Å². The van der Waals surface area contributed by atoms with Crippen LogP contribution in [0.25, 0.3) is 10.8 Å². The van der Waals surface area contributed by atoms with Crippen LogP contribution in [-0.2, 0) is 4.79 Å². The van der Waals surface area contributed by atoms with E-state index in [0.717, 1.165) is 22.1 Å². The van der Waals surface area contributed by atoms with E-state index < -0.39 is 0 Å². The van der Waals surface area contributed by atoms with E-state index in [4.69, 9.17) is 0 Å². The number of amides is 1. The van der Waals surface area contributed by atoms with Crippen LogP contribution in [0, 0.1) is 0 Å². The number of benzene rings is 3. The Morgan fingerprint density at radius 2 is 1.71 bits per heavy atom. The standard InChI is InChI=1S/C21H20N2O/c1-23(2)16-10-7-15(8-11-16)19-13-20(24)22-21-17-6-4-3-5-14(17)9-12-18(19)21/h3-12,19H,13H2,1-2H3,(H,22,24)/t19-/m1/s1. The molecule has 0 aromatic heterocycles. The number of nitrogens with one attached hydrogen (secondary N) is 1. The summed E-state index contributed by atoms with van der Waals surface area (Å²) in [6.45, 7) is 0. The molecule has 0 saturated heterocycles. The molecule has 1 atom stereocenters. The zero-order valence-corrected chi connectivity index (χ0v) is 13.9. The van der Waals surface area contributed by atoms with Crippen LogP contribution in [0.1, 0.15) is 23.5 Å². The number of hydrogen-bond donors (Lipinski definition) is 1. The highest BCUT2D eigenvalue weighted by atomic mass is 16.1. The number of anilines is 2. The third-order valence-corrected chi connectivity index (χ3v) is 4.80. The van der Waals surface area contributed by atoms with Gasteiger partial charge >= 0.3 is 0 Å². The van der Waals surface area contributed by atoms with Gasteiger partial charge in [-0.3, -0.25) is 4.79 Å². The lowest BCUT2D eigenvalue weighted by Gasteiger charge is -2.27. The molecule has 1 aliphatic heterocycles. The zero-order chi connectivity index (χ0) is 16.7. The second kappa shape index (κ2) is 5.68. The maximum absolute atomic E-state index is 12.3. The van der Waals surface area contributed by atoms with Crippen LogP contribution >= 0.6 is 0 Å². The molecule has 0 bridgehead atoms. The molecule has 3 heteroatoms. The van der Waals surface area contributed by atoms with Gasteiger partial charge in [0.1, 0.15) is 0 Å². The summed E-state index contributed by atoms with van der Waals surface area (Å²) < 4.78 is 0. The van der Waals surface area contributed by atoms with E-state index in [9.17, 15) is 4.79 Å². The average Bonchev–Trinajstić information content (AvgIpc) is 2.61. The Bertz CT molecular complexity index is 913. The number of nitrogens with zero attached hydrogens (tertiary/aromatic N) is 1. The molecule has 0 spiro atoms. The molecule has 1 amide bonds. The van der Waals surface area contributed by atoms with Crippen molar-refractivity contribution in [3.05, 3.63) is 71.8 Å². The maximum Gasteiger partial charge on any atom is 0.225 e. The second-order valence-corrected chi connectivity index (χ2v) is 6.54. The number of rotatable bonds is 2. The molecular formula is C21H20N2O. The Morgan fingerprint density at radius 3 is 2.46 bits per heavy atom. The molecule has 3 nitrogen and oxygen atoms in total. The number of carbonyl (C=O) groups is 1. The second-order valence-electron chi connectivity index (χ2n) is 6.54. The summed E-state index contributed by atoms with van der Waals surface area (Å²) in [7, 11) is 4.06. The van der Waals surface area contributed by atoms with E-state index >= 15 is 0 Å². The molecule has 0 fully saturated rings. The van der Waals surface area contributed by atoms with Gasteiger partial charge in [-0.05, 0) is 28.6 Å². The third-order valence-electron chi connectivity index (χ3n) is 4.80. The van der Waals surface area contributed by atoms with Crippen LogP contribution in [-0.4, -0.2) is 20.0 Å². The van der Waals surface area contributed by atoms with Crippen molar-refractivity contribution < 1.29 is 4.79 Å². The Kier molecular flexibility index (Phi) is 3.49. The summed E-state index contributed by atoms with van der Waals surface area (Å²) in [6.07, 6.45) is 0.493. The highest BCUT2D eigenvalue weighted by Crippen LogP contribution is 2.41. The van der Waals surface area contributed by atoms with E-state index in [1.54, 1.807) is 0 Å². The van der Waals surface area contributed by atoms with Gasteiger partial charge in [0.2, 0.25) is 5.91 Å². The van der Waals surface area contributed by atoms with Crippen LogP contribution in [0.15, 0.2) is 60.7 Å². The van der Waals surface area contributed by atoms with Crippen molar-refractivity contribution in [1.82, 2.24) is 0 Å². The van der Waals surface area contributed by atoms with Crippen LogP contribution in [0.4, 0.5) is 11.4 Å². The first-order valence-electron chi connectivity index (χ1n) is 8.22.